The van der Waals surface area contributed by atoms with Crippen LogP contribution in [-0.2, 0) is 11.3 Å². The second-order valence-electron chi connectivity index (χ2n) is 5.91. The largest absolute Gasteiger partial charge is 0.504 e. The van der Waals surface area contributed by atoms with Crippen LogP contribution in [0, 0.1) is 6.92 Å². The number of carbonyl (C=O) groups excluding carboxylic acids is 1. The van der Waals surface area contributed by atoms with E-state index in [4.69, 9.17) is 17.0 Å². The van der Waals surface area contributed by atoms with Gasteiger partial charge in [-0.2, -0.15) is 0 Å². The quantitative estimate of drug-likeness (QED) is 0.607. The van der Waals surface area contributed by atoms with Gasteiger partial charge in [-0.05, 0) is 43.2 Å². The third-order valence-electron chi connectivity index (χ3n) is 3.92. The Kier molecular flexibility index (Phi) is 5.64. The van der Waals surface area contributed by atoms with Gasteiger partial charge in [0, 0.05) is 0 Å². The molecule has 0 aromatic heterocycles. The topological polar surface area (TPSA) is 49.8 Å². The highest BCUT2D eigenvalue weighted by Gasteiger charge is 2.32. The van der Waals surface area contributed by atoms with Crippen molar-refractivity contribution in [3.8, 4) is 11.5 Å². The Balaban J connectivity index is 1.80. The van der Waals surface area contributed by atoms with Crippen LogP contribution in [0.3, 0.4) is 0 Å². The maximum absolute atomic E-state index is 12.7. The van der Waals surface area contributed by atoms with Crippen molar-refractivity contribution in [3.63, 3.8) is 0 Å². The van der Waals surface area contributed by atoms with Crippen molar-refractivity contribution in [1.29, 1.82) is 0 Å². The van der Waals surface area contributed by atoms with E-state index < -0.39 is 0 Å². The normalized spacial score (nSPS) is 15.8. The minimum absolute atomic E-state index is 0.0796. The number of thiocarbonyl (C=S) groups is 1. The first-order valence-electron chi connectivity index (χ1n) is 8.24. The predicted molar refractivity (Wildman–Crippen MR) is 109 cm³/mol. The van der Waals surface area contributed by atoms with Crippen LogP contribution < -0.4 is 4.74 Å². The average molecular weight is 386 g/mol. The zero-order chi connectivity index (χ0) is 18.7. The molecule has 1 fully saturated rings. The van der Waals surface area contributed by atoms with E-state index in [1.54, 1.807) is 29.2 Å². The highest BCUT2D eigenvalue weighted by atomic mass is 32.2. The van der Waals surface area contributed by atoms with E-state index in [0.29, 0.717) is 28.1 Å². The number of phenols is 1. The maximum atomic E-state index is 12.7. The summed E-state index contributed by atoms with van der Waals surface area (Å²) >= 11 is 6.67. The van der Waals surface area contributed by atoms with Gasteiger partial charge in [0.2, 0.25) is 0 Å². The Morgan fingerprint density at radius 1 is 1.23 bits per heavy atom. The van der Waals surface area contributed by atoms with E-state index in [9.17, 15) is 9.90 Å². The van der Waals surface area contributed by atoms with Gasteiger partial charge in [-0.25, -0.2) is 0 Å². The van der Waals surface area contributed by atoms with E-state index >= 15 is 0 Å². The minimum Gasteiger partial charge on any atom is -0.504 e. The van der Waals surface area contributed by atoms with Crippen molar-refractivity contribution in [2.24, 2.45) is 0 Å². The second kappa shape index (κ2) is 7.93. The monoisotopic (exact) mass is 385 g/mol. The zero-order valence-electron chi connectivity index (χ0n) is 14.6. The van der Waals surface area contributed by atoms with Crippen molar-refractivity contribution in [2.75, 3.05) is 6.61 Å². The number of carbonyl (C=O) groups is 1. The molecule has 1 saturated heterocycles. The Morgan fingerprint density at radius 2 is 1.96 bits per heavy atom. The molecule has 1 heterocycles. The summed E-state index contributed by atoms with van der Waals surface area (Å²) in [5.74, 6) is 0.374. The van der Waals surface area contributed by atoms with Gasteiger partial charge in [0.15, 0.2) is 11.5 Å². The summed E-state index contributed by atoms with van der Waals surface area (Å²) in [5.41, 5.74) is 3.00. The minimum atomic E-state index is -0.105. The summed E-state index contributed by atoms with van der Waals surface area (Å²) in [6, 6.07) is 13.1. The molecule has 0 unspecified atom stereocenters. The van der Waals surface area contributed by atoms with Crippen LogP contribution >= 0.6 is 24.0 Å². The maximum Gasteiger partial charge on any atom is 0.266 e. The van der Waals surface area contributed by atoms with Gasteiger partial charge >= 0.3 is 0 Å². The van der Waals surface area contributed by atoms with Crippen molar-refractivity contribution in [2.45, 2.75) is 20.4 Å². The summed E-state index contributed by atoms with van der Waals surface area (Å²) in [7, 11) is 0. The molecule has 1 aliphatic heterocycles. The first-order valence-corrected chi connectivity index (χ1v) is 9.47. The Morgan fingerprint density at radius 3 is 2.65 bits per heavy atom. The standard InChI is InChI=1S/C20H19NO3S2/c1-3-24-17-10-15(8-9-16(17)22)11-18-19(23)21(20(25)26-18)12-14-6-4-13(2)5-7-14/h4-11,22H,3,12H2,1-2H3. The number of ether oxygens (including phenoxy) is 1. The molecular formula is C20H19NO3S2. The number of aromatic hydroxyl groups is 1. The fraction of sp³-hybridized carbons (Fsp3) is 0.200. The predicted octanol–water partition coefficient (Wildman–Crippen LogP) is 4.50. The molecule has 0 atom stereocenters. The number of nitrogens with zero attached hydrogens (tertiary/aromatic N) is 1. The number of hydrogen-bond acceptors (Lipinski definition) is 5. The molecule has 2 aromatic rings. The number of phenolic OH excluding ortho intramolecular Hbond substituents is 1. The second-order valence-corrected chi connectivity index (χ2v) is 7.59. The highest BCUT2D eigenvalue weighted by molar-refractivity contribution is 8.26. The van der Waals surface area contributed by atoms with E-state index in [0.717, 1.165) is 11.1 Å². The van der Waals surface area contributed by atoms with Gasteiger partial charge < -0.3 is 9.84 Å². The number of rotatable bonds is 5. The summed E-state index contributed by atoms with van der Waals surface area (Å²) in [5, 5.41) is 9.80. The van der Waals surface area contributed by atoms with E-state index in [1.807, 2.05) is 38.1 Å². The van der Waals surface area contributed by atoms with Crippen molar-refractivity contribution >= 4 is 40.3 Å². The number of hydrogen-bond donors (Lipinski definition) is 1. The van der Waals surface area contributed by atoms with E-state index in [2.05, 4.69) is 0 Å². The van der Waals surface area contributed by atoms with Crippen molar-refractivity contribution in [3.05, 3.63) is 64.1 Å². The molecule has 0 spiro atoms. The van der Waals surface area contributed by atoms with Crippen molar-refractivity contribution in [1.82, 2.24) is 4.90 Å². The van der Waals surface area contributed by atoms with Crippen molar-refractivity contribution < 1.29 is 14.6 Å². The first kappa shape index (κ1) is 18.5. The molecule has 134 valence electrons. The summed E-state index contributed by atoms with van der Waals surface area (Å²) in [6.45, 7) is 4.79. The van der Waals surface area contributed by atoms with Gasteiger partial charge in [-0.15, -0.1) is 0 Å². The zero-order valence-corrected chi connectivity index (χ0v) is 16.2. The molecule has 6 heteroatoms. The fourth-order valence-electron chi connectivity index (χ4n) is 2.56. The Bertz CT molecular complexity index is 875. The van der Waals surface area contributed by atoms with E-state index in [-0.39, 0.29) is 11.7 Å². The lowest BCUT2D eigenvalue weighted by Gasteiger charge is -2.14. The molecule has 1 aliphatic rings. The molecule has 0 radical (unpaired) electrons. The lowest BCUT2D eigenvalue weighted by molar-refractivity contribution is -0.122. The molecule has 1 N–H and O–H groups in total. The molecular weight excluding hydrogens is 366 g/mol. The van der Waals surface area contributed by atoms with Crippen LogP contribution in [0.2, 0.25) is 0 Å². The highest BCUT2D eigenvalue weighted by Crippen LogP contribution is 2.35. The van der Waals surface area contributed by atoms with Gasteiger partial charge in [0.25, 0.3) is 5.91 Å². The molecule has 0 bridgehead atoms. The Labute approximate surface area is 162 Å². The van der Waals surface area contributed by atoms with Gasteiger partial charge in [-0.3, -0.25) is 9.69 Å². The molecule has 26 heavy (non-hydrogen) atoms. The number of thioether (sulfide) groups is 1. The first-order chi connectivity index (χ1) is 12.5. The third kappa shape index (κ3) is 4.08. The van der Waals surface area contributed by atoms with Crippen LogP contribution in [0.5, 0.6) is 11.5 Å². The molecule has 4 nitrogen and oxygen atoms in total. The van der Waals surface area contributed by atoms with Gasteiger partial charge in [0.05, 0.1) is 18.1 Å². The lowest BCUT2D eigenvalue weighted by atomic mass is 10.1. The van der Waals surface area contributed by atoms with Crippen LogP contribution in [0.1, 0.15) is 23.6 Å². The summed E-state index contributed by atoms with van der Waals surface area (Å²) < 4.78 is 5.94. The number of aryl methyl sites for hydroxylation is 1. The molecule has 0 aliphatic carbocycles. The van der Waals surface area contributed by atoms with Crippen LogP contribution in [0.4, 0.5) is 0 Å². The average Bonchev–Trinajstić information content (AvgIpc) is 2.87. The van der Waals surface area contributed by atoms with Gasteiger partial charge in [0.1, 0.15) is 4.32 Å². The fourth-order valence-corrected chi connectivity index (χ4v) is 3.81. The van der Waals surface area contributed by atoms with Crippen LogP contribution in [-0.4, -0.2) is 26.8 Å². The third-order valence-corrected chi connectivity index (χ3v) is 5.29. The Hall–Kier alpha value is -2.31. The summed E-state index contributed by atoms with van der Waals surface area (Å²) in [4.78, 5) is 14.9. The lowest BCUT2D eigenvalue weighted by Crippen LogP contribution is -2.27. The smallest absolute Gasteiger partial charge is 0.266 e. The number of amides is 1. The summed E-state index contributed by atoms with van der Waals surface area (Å²) in [6.07, 6.45) is 1.77. The molecule has 2 aromatic carbocycles. The SMILES string of the molecule is CCOc1cc(C=C2SC(=S)N(Cc3ccc(C)cc3)C2=O)ccc1O. The molecule has 1 amide bonds. The van der Waals surface area contributed by atoms with E-state index in [1.165, 1.54) is 17.3 Å². The van der Waals surface area contributed by atoms with Gasteiger partial charge in [-0.1, -0.05) is 59.9 Å². The molecule has 3 rings (SSSR count). The van der Waals surface area contributed by atoms with Crippen LogP contribution in [0.15, 0.2) is 47.4 Å². The number of benzene rings is 2. The molecule has 0 saturated carbocycles. The van der Waals surface area contributed by atoms with Crippen LogP contribution in [0.25, 0.3) is 6.08 Å².